The molecule has 14 nitrogen and oxygen atoms in total. The highest BCUT2D eigenvalue weighted by atomic mass is 16.6. The molecule has 0 atom stereocenters. The summed E-state index contributed by atoms with van der Waals surface area (Å²) < 4.78 is 5.63. The highest BCUT2D eigenvalue weighted by molar-refractivity contribution is 5.94. The van der Waals surface area contributed by atoms with E-state index in [1.165, 1.54) is 0 Å². The molecule has 3 aromatic rings. The van der Waals surface area contributed by atoms with Crippen LogP contribution in [0.5, 0.6) is 5.75 Å². The van der Waals surface area contributed by atoms with E-state index in [9.17, 15) is 20.0 Å². The fourth-order valence-electron chi connectivity index (χ4n) is 2.05. The molecule has 1 amide bonds. The molecule has 14 heteroatoms. The summed E-state index contributed by atoms with van der Waals surface area (Å²) in [5, 5.41) is 38.5. The molecule has 3 rings (SSSR count). The van der Waals surface area contributed by atoms with Gasteiger partial charge in [0, 0.05) is 17.7 Å². The van der Waals surface area contributed by atoms with Crippen LogP contribution in [-0.4, -0.2) is 47.5 Å². The third-order valence-electron chi connectivity index (χ3n) is 3.40. The number of nitrogens with two attached hydrogens (primary N) is 1. The maximum atomic E-state index is 12.2. The number of nitro benzene ring substituents is 1. The second-order valence-corrected chi connectivity index (χ2v) is 5.11. The molecule has 2 heterocycles. The lowest BCUT2D eigenvalue weighted by molar-refractivity contribution is -0.384. The van der Waals surface area contributed by atoms with Gasteiger partial charge in [-0.25, -0.2) is 10.1 Å². The average molecular weight is 373 g/mol. The van der Waals surface area contributed by atoms with E-state index in [0.717, 1.165) is 29.1 Å². The molecule has 27 heavy (non-hydrogen) atoms. The van der Waals surface area contributed by atoms with E-state index >= 15 is 0 Å². The maximum Gasteiger partial charge on any atom is 0.293 e. The number of nitrogens with zero attached hydrogens (tertiary/aromatic N) is 7. The van der Waals surface area contributed by atoms with Gasteiger partial charge in [0.2, 0.25) is 11.6 Å². The summed E-state index contributed by atoms with van der Waals surface area (Å²) in [5.41, 5.74) is 7.78. The van der Waals surface area contributed by atoms with Crippen LogP contribution in [0.3, 0.4) is 0 Å². The Kier molecular flexibility index (Phi) is 4.44. The smallest absolute Gasteiger partial charge is 0.293 e. The van der Waals surface area contributed by atoms with Crippen LogP contribution >= 0.6 is 0 Å². The molecule has 0 radical (unpaired) electrons. The zero-order valence-electron chi connectivity index (χ0n) is 13.6. The SMILES string of the molecule is Cc1c(C(=O)NN=Cc2cc([N+](=O)[O-])ccc2O)nnn1-c1nonc1N. The molecule has 0 aliphatic rings. The van der Waals surface area contributed by atoms with Gasteiger partial charge < -0.3 is 10.8 Å². The molecule has 0 saturated heterocycles. The molecule has 0 fully saturated rings. The minimum Gasteiger partial charge on any atom is -0.507 e. The number of aromatic nitrogens is 5. The highest BCUT2D eigenvalue weighted by Gasteiger charge is 2.20. The number of hydrogen-bond acceptors (Lipinski definition) is 11. The monoisotopic (exact) mass is 373 g/mol. The van der Waals surface area contributed by atoms with E-state index in [-0.39, 0.29) is 34.3 Å². The summed E-state index contributed by atoms with van der Waals surface area (Å²) >= 11 is 0. The number of aromatic hydroxyl groups is 1. The van der Waals surface area contributed by atoms with Gasteiger partial charge >= 0.3 is 0 Å². The topological polar surface area (TPSA) is 200 Å². The van der Waals surface area contributed by atoms with Crippen molar-refractivity contribution in [2.45, 2.75) is 6.92 Å². The first-order valence-electron chi connectivity index (χ1n) is 7.20. The number of nitrogen functional groups attached to an aromatic ring is 1. The van der Waals surface area contributed by atoms with Crippen molar-refractivity contribution in [1.29, 1.82) is 0 Å². The summed E-state index contributed by atoms with van der Waals surface area (Å²) in [4.78, 5) is 22.3. The Balaban J connectivity index is 1.76. The molecule has 0 aliphatic carbocycles. The Hall–Kier alpha value is -4.36. The zero-order valence-corrected chi connectivity index (χ0v) is 13.6. The number of amides is 1. The quantitative estimate of drug-likeness (QED) is 0.308. The first-order chi connectivity index (χ1) is 12.9. The Labute approximate surface area is 149 Å². The van der Waals surface area contributed by atoms with Gasteiger partial charge in [0.1, 0.15) is 5.75 Å². The number of carbonyl (C=O) groups is 1. The lowest BCUT2D eigenvalue weighted by atomic mass is 10.2. The number of phenolic OH excluding ortho intramolecular Hbond substituents is 1. The molecule has 2 aromatic heterocycles. The Morgan fingerprint density at radius 3 is 2.93 bits per heavy atom. The molecule has 1 aromatic carbocycles. The first kappa shape index (κ1) is 17.5. The maximum absolute atomic E-state index is 12.2. The van der Waals surface area contributed by atoms with Gasteiger partial charge in [-0.1, -0.05) is 5.21 Å². The molecule has 0 bridgehead atoms. The van der Waals surface area contributed by atoms with Gasteiger partial charge in [0.15, 0.2) is 5.69 Å². The fourth-order valence-corrected chi connectivity index (χ4v) is 2.05. The van der Waals surface area contributed by atoms with Gasteiger partial charge in [-0.05, 0) is 23.3 Å². The van der Waals surface area contributed by atoms with E-state index in [4.69, 9.17) is 5.73 Å². The minimum atomic E-state index is -0.713. The van der Waals surface area contributed by atoms with E-state index < -0.39 is 10.8 Å². The number of phenols is 1. The fraction of sp³-hybridized carbons (Fsp3) is 0.0769. The van der Waals surface area contributed by atoms with Crippen LogP contribution in [-0.2, 0) is 0 Å². The third-order valence-corrected chi connectivity index (χ3v) is 3.40. The highest BCUT2D eigenvalue weighted by Crippen LogP contribution is 2.21. The number of nitro groups is 1. The van der Waals surface area contributed by atoms with Crippen molar-refractivity contribution < 1.29 is 19.5 Å². The number of non-ortho nitro benzene ring substituents is 1. The number of hydrogen-bond donors (Lipinski definition) is 3. The largest absolute Gasteiger partial charge is 0.507 e. The van der Waals surface area contributed by atoms with Crippen molar-refractivity contribution in [3.05, 3.63) is 45.3 Å². The summed E-state index contributed by atoms with van der Waals surface area (Å²) in [7, 11) is 0. The standard InChI is InChI=1S/C13H11N9O5/c1-6-10(16-20-21(6)12-11(14)18-27-19-12)13(24)17-15-5-7-4-8(22(25)26)2-3-9(7)23/h2-5,23H,1H3,(H2,14,18)(H,17,24). The lowest BCUT2D eigenvalue weighted by Gasteiger charge is -2.00. The second kappa shape index (κ2) is 6.87. The first-order valence-corrected chi connectivity index (χ1v) is 7.20. The van der Waals surface area contributed by atoms with Crippen LogP contribution in [0.25, 0.3) is 5.82 Å². The Morgan fingerprint density at radius 2 is 2.26 bits per heavy atom. The zero-order chi connectivity index (χ0) is 19.6. The van der Waals surface area contributed by atoms with Gasteiger partial charge in [-0.3, -0.25) is 14.9 Å². The van der Waals surface area contributed by atoms with E-state index in [0.29, 0.717) is 5.69 Å². The van der Waals surface area contributed by atoms with Crippen molar-refractivity contribution in [3.8, 4) is 11.6 Å². The molecular weight excluding hydrogens is 362 g/mol. The lowest BCUT2D eigenvalue weighted by Crippen LogP contribution is -2.19. The molecule has 4 N–H and O–H groups in total. The predicted octanol–water partition coefficient (Wildman–Crippen LogP) is -0.0814. The molecule has 0 saturated carbocycles. The van der Waals surface area contributed by atoms with Gasteiger partial charge in [0.25, 0.3) is 11.6 Å². The number of benzene rings is 1. The summed E-state index contributed by atoms with van der Waals surface area (Å²) in [6.45, 7) is 1.54. The Bertz CT molecular complexity index is 1050. The number of nitrogens with one attached hydrogen (secondary N) is 1. The number of rotatable bonds is 5. The van der Waals surface area contributed by atoms with Crippen LogP contribution in [0, 0.1) is 17.0 Å². The van der Waals surface area contributed by atoms with Crippen LogP contribution in [0.1, 0.15) is 21.7 Å². The predicted molar refractivity (Wildman–Crippen MR) is 88.2 cm³/mol. The number of anilines is 1. The van der Waals surface area contributed by atoms with Gasteiger partial charge in [-0.2, -0.15) is 9.78 Å². The van der Waals surface area contributed by atoms with E-state index in [1.807, 2.05) is 0 Å². The van der Waals surface area contributed by atoms with Crippen LogP contribution in [0.15, 0.2) is 27.9 Å². The van der Waals surface area contributed by atoms with Crippen LogP contribution in [0.2, 0.25) is 0 Å². The van der Waals surface area contributed by atoms with Crippen molar-refractivity contribution in [2.24, 2.45) is 5.10 Å². The summed E-state index contributed by atoms with van der Waals surface area (Å²) in [6, 6.07) is 3.39. The van der Waals surface area contributed by atoms with E-state index in [1.54, 1.807) is 6.92 Å². The van der Waals surface area contributed by atoms with Gasteiger partial charge in [-0.15, -0.1) is 5.10 Å². The molecule has 138 valence electrons. The molecule has 0 aliphatic heterocycles. The normalized spacial score (nSPS) is 11.0. The summed E-state index contributed by atoms with van der Waals surface area (Å²) in [6.07, 6.45) is 1.06. The van der Waals surface area contributed by atoms with Crippen LogP contribution < -0.4 is 11.2 Å². The minimum absolute atomic E-state index is 0.0332. The Morgan fingerprint density at radius 1 is 1.48 bits per heavy atom. The van der Waals surface area contributed by atoms with Crippen LogP contribution in [0.4, 0.5) is 11.5 Å². The molecule has 0 unspecified atom stereocenters. The van der Waals surface area contributed by atoms with E-state index in [2.05, 4.69) is 35.8 Å². The number of carbonyl (C=O) groups excluding carboxylic acids is 1. The average Bonchev–Trinajstić information content (AvgIpc) is 3.21. The van der Waals surface area contributed by atoms with Crippen molar-refractivity contribution in [3.63, 3.8) is 0 Å². The van der Waals surface area contributed by atoms with Crippen molar-refractivity contribution >= 4 is 23.6 Å². The second-order valence-electron chi connectivity index (χ2n) is 5.11. The third kappa shape index (κ3) is 3.39. The van der Waals surface area contributed by atoms with Crippen molar-refractivity contribution in [1.82, 2.24) is 30.7 Å². The van der Waals surface area contributed by atoms with Crippen molar-refractivity contribution in [2.75, 3.05) is 5.73 Å². The van der Waals surface area contributed by atoms with Gasteiger partial charge in [0.05, 0.1) is 16.8 Å². The summed E-state index contributed by atoms with van der Waals surface area (Å²) in [5.74, 6) is -0.914. The molecular formula is C13H11N9O5. The molecule has 0 spiro atoms. The number of hydrazone groups is 1.